The summed E-state index contributed by atoms with van der Waals surface area (Å²) in [5.41, 5.74) is 3.64. The molecule has 2 atom stereocenters. The summed E-state index contributed by atoms with van der Waals surface area (Å²) < 4.78 is 5.97. The second-order valence-corrected chi connectivity index (χ2v) is 8.13. The highest BCUT2D eigenvalue weighted by Crippen LogP contribution is 2.35. The minimum absolute atomic E-state index is 0.570. The lowest BCUT2D eigenvalue weighted by Gasteiger charge is -2.23. The van der Waals surface area contributed by atoms with E-state index in [2.05, 4.69) is 44.0 Å². The van der Waals surface area contributed by atoms with Crippen molar-refractivity contribution in [2.75, 3.05) is 31.1 Å². The summed E-state index contributed by atoms with van der Waals surface area (Å²) >= 11 is 0. The van der Waals surface area contributed by atoms with Gasteiger partial charge in [0.15, 0.2) is 0 Å². The molecule has 0 radical (unpaired) electrons. The quantitative estimate of drug-likeness (QED) is 0.647. The van der Waals surface area contributed by atoms with Crippen molar-refractivity contribution in [3.63, 3.8) is 0 Å². The van der Waals surface area contributed by atoms with Crippen LogP contribution in [0.15, 0.2) is 73.3 Å². The monoisotopic (exact) mass is 386 g/mol. The van der Waals surface area contributed by atoms with Gasteiger partial charge >= 0.3 is 0 Å². The number of likely N-dealkylation sites (tertiary alicyclic amines) is 1. The molecule has 2 aliphatic heterocycles. The van der Waals surface area contributed by atoms with Gasteiger partial charge in [0.1, 0.15) is 12.4 Å². The molecular weight excluding hydrogens is 360 g/mol. The van der Waals surface area contributed by atoms with Gasteiger partial charge in [0.2, 0.25) is 0 Å². The van der Waals surface area contributed by atoms with Gasteiger partial charge in [-0.3, -0.25) is 14.9 Å². The second-order valence-electron chi connectivity index (χ2n) is 8.13. The summed E-state index contributed by atoms with van der Waals surface area (Å²) in [7, 11) is 0. The maximum Gasteiger partial charge on any atom is 0.140 e. The zero-order chi connectivity index (χ0) is 19.5. The number of fused-ring (bicyclic) bond motifs is 1. The lowest BCUT2D eigenvalue weighted by Crippen LogP contribution is -2.28. The Hall–Kier alpha value is -2.92. The predicted molar refractivity (Wildman–Crippen MR) is 114 cm³/mol. The molecule has 2 fully saturated rings. The lowest BCUT2D eigenvalue weighted by molar-refractivity contribution is 0.304. The number of hydrogen-bond acceptors (Lipinski definition) is 5. The number of pyridine rings is 2. The fourth-order valence-corrected chi connectivity index (χ4v) is 4.58. The molecule has 0 saturated carbocycles. The fraction of sp³-hybridized carbons (Fsp3) is 0.333. The van der Waals surface area contributed by atoms with Crippen LogP contribution in [0.4, 0.5) is 5.69 Å². The van der Waals surface area contributed by atoms with Gasteiger partial charge in [0.05, 0.1) is 18.1 Å². The van der Waals surface area contributed by atoms with Crippen molar-refractivity contribution in [3.8, 4) is 5.75 Å². The molecule has 0 spiro atoms. The van der Waals surface area contributed by atoms with Gasteiger partial charge in [-0.1, -0.05) is 36.4 Å². The first kappa shape index (κ1) is 18.1. The number of hydrogen-bond donors (Lipinski definition) is 0. The van der Waals surface area contributed by atoms with E-state index in [0.717, 1.165) is 50.3 Å². The third kappa shape index (κ3) is 4.25. The van der Waals surface area contributed by atoms with E-state index in [4.69, 9.17) is 4.74 Å². The van der Waals surface area contributed by atoms with Gasteiger partial charge < -0.3 is 9.64 Å². The number of rotatable bonds is 6. The molecule has 2 aromatic heterocycles. The number of ether oxygens (including phenoxy) is 1. The van der Waals surface area contributed by atoms with Crippen LogP contribution in [0.1, 0.15) is 11.1 Å². The molecule has 3 aromatic rings. The summed E-state index contributed by atoms with van der Waals surface area (Å²) in [4.78, 5) is 13.7. The van der Waals surface area contributed by atoms with Gasteiger partial charge in [-0.2, -0.15) is 0 Å². The van der Waals surface area contributed by atoms with E-state index >= 15 is 0 Å². The van der Waals surface area contributed by atoms with E-state index in [-0.39, 0.29) is 0 Å². The average molecular weight is 386 g/mol. The van der Waals surface area contributed by atoms with Gasteiger partial charge in [0.25, 0.3) is 0 Å². The van der Waals surface area contributed by atoms with Crippen LogP contribution in [0.5, 0.6) is 5.75 Å². The minimum atomic E-state index is 0.570. The van der Waals surface area contributed by atoms with E-state index in [1.54, 1.807) is 6.20 Å². The van der Waals surface area contributed by atoms with Crippen molar-refractivity contribution in [2.45, 2.75) is 13.2 Å². The largest absolute Gasteiger partial charge is 0.487 e. The molecular formula is C24H26N4O. The molecule has 5 heteroatoms. The van der Waals surface area contributed by atoms with E-state index in [0.29, 0.717) is 6.61 Å². The highest BCUT2D eigenvalue weighted by atomic mass is 16.5. The van der Waals surface area contributed by atoms with E-state index in [1.165, 1.54) is 16.8 Å². The Morgan fingerprint density at radius 3 is 2.38 bits per heavy atom. The SMILES string of the molecule is c1ccc(COc2cncc(N3C[C@H]4CN(Cc5cccnc5)C[C@H]4C3)c2)cc1. The first-order chi connectivity index (χ1) is 14.3. The molecule has 29 heavy (non-hydrogen) atoms. The zero-order valence-electron chi connectivity index (χ0n) is 16.5. The molecule has 2 saturated heterocycles. The number of nitrogens with zero attached hydrogens (tertiary/aromatic N) is 4. The van der Waals surface area contributed by atoms with Crippen molar-refractivity contribution in [1.82, 2.24) is 14.9 Å². The van der Waals surface area contributed by atoms with Gasteiger partial charge in [-0.25, -0.2) is 0 Å². The van der Waals surface area contributed by atoms with E-state index in [1.807, 2.05) is 42.9 Å². The Morgan fingerprint density at radius 1 is 0.828 bits per heavy atom. The van der Waals surface area contributed by atoms with Crippen LogP contribution >= 0.6 is 0 Å². The molecule has 5 nitrogen and oxygen atoms in total. The molecule has 0 unspecified atom stereocenters. The first-order valence-corrected chi connectivity index (χ1v) is 10.3. The minimum Gasteiger partial charge on any atom is -0.487 e. The van der Waals surface area contributed by atoms with Gasteiger partial charge in [0, 0.05) is 51.2 Å². The third-order valence-corrected chi connectivity index (χ3v) is 6.00. The molecule has 1 aromatic carbocycles. The van der Waals surface area contributed by atoms with Crippen LogP contribution in [0, 0.1) is 11.8 Å². The van der Waals surface area contributed by atoms with Crippen LogP contribution in [0.2, 0.25) is 0 Å². The molecule has 148 valence electrons. The number of benzene rings is 1. The fourth-order valence-electron chi connectivity index (χ4n) is 4.58. The second kappa shape index (κ2) is 8.21. The van der Waals surface area contributed by atoms with Crippen molar-refractivity contribution in [3.05, 3.63) is 84.4 Å². The van der Waals surface area contributed by atoms with E-state index < -0.39 is 0 Å². The highest BCUT2D eigenvalue weighted by molar-refractivity contribution is 5.49. The van der Waals surface area contributed by atoms with Crippen molar-refractivity contribution in [2.24, 2.45) is 11.8 Å². The maximum atomic E-state index is 5.97. The van der Waals surface area contributed by atoms with Crippen molar-refractivity contribution in [1.29, 1.82) is 0 Å². The molecule has 0 aliphatic carbocycles. The van der Waals surface area contributed by atoms with Crippen LogP contribution in [-0.2, 0) is 13.2 Å². The summed E-state index contributed by atoms with van der Waals surface area (Å²) in [5, 5.41) is 0. The molecule has 2 aliphatic rings. The van der Waals surface area contributed by atoms with Crippen LogP contribution in [-0.4, -0.2) is 41.0 Å². The van der Waals surface area contributed by atoms with Crippen LogP contribution in [0.25, 0.3) is 0 Å². The zero-order valence-corrected chi connectivity index (χ0v) is 16.5. The molecule has 0 bridgehead atoms. The van der Waals surface area contributed by atoms with Crippen LogP contribution < -0.4 is 9.64 Å². The average Bonchev–Trinajstić information content (AvgIpc) is 3.33. The summed E-state index contributed by atoms with van der Waals surface area (Å²) in [6, 6.07) is 16.6. The lowest BCUT2D eigenvalue weighted by atomic mass is 10.0. The molecule has 4 heterocycles. The Labute approximate surface area is 172 Å². The summed E-state index contributed by atoms with van der Waals surface area (Å²) in [6.07, 6.45) is 7.58. The van der Waals surface area contributed by atoms with Crippen molar-refractivity contribution < 1.29 is 4.74 Å². The predicted octanol–water partition coefficient (Wildman–Crippen LogP) is 3.62. The highest BCUT2D eigenvalue weighted by Gasteiger charge is 2.40. The van der Waals surface area contributed by atoms with Crippen molar-refractivity contribution >= 4 is 5.69 Å². The van der Waals surface area contributed by atoms with Crippen LogP contribution in [0.3, 0.4) is 0 Å². The van der Waals surface area contributed by atoms with Gasteiger partial charge in [-0.15, -0.1) is 0 Å². The first-order valence-electron chi connectivity index (χ1n) is 10.3. The normalized spacial score (nSPS) is 21.3. The Bertz CT molecular complexity index is 920. The maximum absolute atomic E-state index is 5.97. The Kier molecular flexibility index (Phi) is 5.13. The molecule has 5 rings (SSSR count). The summed E-state index contributed by atoms with van der Waals surface area (Å²) in [5.74, 6) is 2.28. The molecule has 0 amide bonds. The smallest absolute Gasteiger partial charge is 0.140 e. The third-order valence-electron chi connectivity index (χ3n) is 6.00. The number of anilines is 1. The molecule has 0 N–H and O–H groups in total. The Morgan fingerprint density at radius 2 is 1.62 bits per heavy atom. The van der Waals surface area contributed by atoms with Gasteiger partial charge in [-0.05, 0) is 29.0 Å². The number of aromatic nitrogens is 2. The standard InChI is InChI=1S/C24H26N4O/c1-2-5-19(6-3-1)18-29-24-9-23(11-26-12-24)28-16-21-14-27(15-22(21)17-28)13-20-7-4-8-25-10-20/h1-12,21-22H,13-18H2/t21-,22+. The Balaban J connectivity index is 1.17. The topological polar surface area (TPSA) is 41.5 Å². The summed E-state index contributed by atoms with van der Waals surface area (Å²) in [6.45, 7) is 6.09. The van der Waals surface area contributed by atoms with E-state index in [9.17, 15) is 0 Å².